The van der Waals surface area contributed by atoms with E-state index in [1.54, 1.807) is 0 Å². The molecule has 3 aromatic carbocycles. The molecule has 0 fully saturated rings. The van der Waals surface area contributed by atoms with Crippen molar-refractivity contribution in [3.63, 3.8) is 0 Å². The smallest absolute Gasteiger partial charge is 0.280 e. The van der Waals surface area contributed by atoms with Gasteiger partial charge in [-0.15, -0.1) is 0 Å². The molecule has 0 aliphatic heterocycles. The van der Waals surface area contributed by atoms with Gasteiger partial charge in [0.1, 0.15) is 0 Å². The lowest BCUT2D eigenvalue weighted by atomic mass is 9.99. The van der Waals surface area contributed by atoms with Crippen LogP contribution in [0.3, 0.4) is 0 Å². The summed E-state index contributed by atoms with van der Waals surface area (Å²) in [5, 5.41) is 1.12. The molecule has 0 saturated carbocycles. The second-order valence-corrected chi connectivity index (χ2v) is 6.51. The van der Waals surface area contributed by atoms with E-state index in [0.29, 0.717) is 10.8 Å². The molecule has 0 aliphatic carbocycles. The number of nitrogens with zero attached hydrogens (tertiary/aromatic N) is 2. The lowest BCUT2D eigenvalue weighted by Crippen LogP contribution is -2.06. The Hall–Kier alpha value is -4.06. The molecular weight excluding hydrogens is 352 g/mol. The molecule has 28 heavy (non-hydrogen) atoms. The van der Waals surface area contributed by atoms with Gasteiger partial charge in [0.25, 0.3) is 11.1 Å². The predicted molar refractivity (Wildman–Crippen MR) is 109 cm³/mol. The fraction of sp³-hybridized carbons (Fsp3) is 0. The maximum atomic E-state index is 12.0. The molecule has 0 radical (unpaired) electrons. The van der Waals surface area contributed by atoms with Gasteiger partial charge in [-0.05, 0) is 46.5 Å². The van der Waals surface area contributed by atoms with Gasteiger partial charge in [0, 0.05) is 0 Å². The van der Waals surface area contributed by atoms with Crippen molar-refractivity contribution in [1.29, 1.82) is 0 Å². The van der Waals surface area contributed by atoms with Gasteiger partial charge in [0.15, 0.2) is 0 Å². The van der Waals surface area contributed by atoms with E-state index in [1.165, 1.54) is 12.7 Å². The third-order valence-corrected chi connectivity index (χ3v) is 4.86. The minimum Gasteiger partial charge on any atom is -0.346 e. The molecule has 134 valence electrons. The van der Waals surface area contributed by atoms with Crippen LogP contribution in [0, 0.1) is 0 Å². The van der Waals surface area contributed by atoms with Crippen LogP contribution in [0.1, 0.15) is 0 Å². The molecule has 0 saturated heterocycles. The Kier molecular flexibility index (Phi) is 3.62. The summed E-state index contributed by atoms with van der Waals surface area (Å²) in [6.07, 6.45) is 2.81. The molecule has 0 bridgehead atoms. The SMILES string of the molecule is O=c1nc[nH]c2ccc(-c3ccc(-c4ccc5[nH]cnc(=O)c5c4)cc3)cc12. The Labute approximate surface area is 158 Å². The number of hydrogen-bond donors (Lipinski definition) is 2. The molecule has 6 heteroatoms. The summed E-state index contributed by atoms with van der Waals surface area (Å²) in [6.45, 7) is 0. The number of hydrogen-bond acceptors (Lipinski definition) is 4. The van der Waals surface area contributed by atoms with E-state index in [-0.39, 0.29) is 11.1 Å². The van der Waals surface area contributed by atoms with Crippen molar-refractivity contribution in [2.45, 2.75) is 0 Å². The van der Waals surface area contributed by atoms with Gasteiger partial charge < -0.3 is 9.97 Å². The molecule has 0 spiro atoms. The second kappa shape index (κ2) is 6.28. The number of rotatable bonds is 2. The standard InChI is InChI=1S/C22H14N4O2/c27-21-17-9-15(5-7-19(17)23-11-25-21)13-1-2-14(4-3-13)16-6-8-20-18(10-16)22(28)26-12-24-20/h1-12H,(H,23,25,27)(H,24,26,28). The summed E-state index contributed by atoms with van der Waals surface area (Å²) >= 11 is 0. The van der Waals surface area contributed by atoms with Gasteiger partial charge in [-0.25, -0.2) is 0 Å². The summed E-state index contributed by atoms with van der Waals surface area (Å²) in [4.78, 5) is 37.5. The second-order valence-electron chi connectivity index (χ2n) is 6.51. The first-order valence-electron chi connectivity index (χ1n) is 8.75. The molecule has 2 aromatic heterocycles. The lowest BCUT2D eigenvalue weighted by Gasteiger charge is -2.07. The van der Waals surface area contributed by atoms with Crippen LogP contribution in [-0.4, -0.2) is 19.9 Å². The summed E-state index contributed by atoms with van der Waals surface area (Å²) in [7, 11) is 0. The topological polar surface area (TPSA) is 91.5 Å². The van der Waals surface area contributed by atoms with E-state index in [4.69, 9.17) is 0 Å². The number of H-pyrrole nitrogens is 2. The van der Waals surface area contributed by atoms with Crippen molar-refractivity contribution < 1.29 is 0 Å². The quantitative estimate of drug-likeness (QED) is 0.500. The van der Waals surface area contributed by atoms with Gasteiger partial charge >= 0.3 is 0 Å². The van der Waals surface area contributed by atoms with Crippen molar-refractivity contribution in [3.05, 3.63) is 94.0 Å². The fourth-order valence-electron chi connectivity index (χ4n) is 3.37. The van der Waals surface area contributed by atoms with Crippen molar-refractivity contribution >= 4 is 21.8 Å². The zero-order valence-corrected chi connectivity index (χ0v) is 14.6. The minimum absolute atomic E-state index is 0.248. The highest BCUT2D eigenvalue weighted by Gasteiger charge is 2.06. The summed E-state index contributed by atoms with van der Waals surface area (Å²) in [5.74, 6) is 0. The minimum atomic E-state index is -0.248. The Morgan fingerprint density at radius 2 is 0.929 bits per heavy atom. The lowest BCUT2D eigenvalue weighted by molar-refractivity contribution is 1.17. The molecule has 5 rings (SSSR count). The largest absolute Gasteiger partial charge is 0.346 e. The maximum Gasteiger partial charge on any atom is 0.280 e. The number of nitrogens with one attached hydrogen (secondary N) is 2. The number of aromatic nitrogens is 4. The van der Waals surface area contributed by atoms with Crippen LogP contribution in [-0.2, 0) is 0 Å². The molecule has 0 atom stereocenters. The number of aromatic amines is 2. The third kappa shape index (κ3) is 2.68. The average molecular weight is 366 g/mol. The summed E-state index contributed by atoms with van der Waals surface area (Å²) < 4.78 is 0. The van der Waals surface area contributed by atoms with E-state index < -0.39 is 0 Å². The highest BCUT2D eigenvalue weighted by atomic mass is 16.1. The average Bonchev–Trinajstić information content (AvgIpc) is 2.74. The predicted octanol–water partition coefficient (Wildman–Crippen LogP) is 3.49. The van der Waals surface area contributed by atoms with E-state index in [9.17, 15) is 9.59 Å². The molecule has 6 nitrogen and oxygen atoms in total. The summed E-state index contributed by atoms with van der Waals surface area (Å²) in [6, 6.07) is 19.4. The molecule has 0 amide bonds. The van der Waals surface area contributed by atoms with E-state index in [1.807, 2.05) is 60.7 Å². The van der Waals surface area contributed by atoms with Crippen molar-refractivity contribution in [1.82, 2.24) is 19.9 Å². The van der Waals surface area contributed by atoms with E-state index in [0.717, 1.165) is 33.3 Å². The van der Waals surface area contributed by atoms with Crippen LogP contribution in [0.15, 0.2) is 82.9 Å². The number of benzene rings is 3. The van der Waals surface area contributed by atoms with Gasteiger partial charge in [-0.2, -0.15) is 9.97 Å². The van der Waals surface area contributed by atoms with Gasteiger partial charge in [-0.1, -0.05) is 36.4 Å². The zero-order valence-electron chi connectivity index (χ0n) is 14.6. The fourth-order valence-corrected chi connectivity index (χ4v) is 3.37. The van der Waals surface area contributed by atoms with Gasteiger partial charge in [-0.3, -0.25) is 9.59 Å². The van der Waals surface area contributed by atoms with Crippen LogP contribution in [0.4, 0.5) is 0 Å². The Bertz CT molecular complexity index is 1340. The molecule has 0 unspecified atom stereocenters. The van der Waals surface area contributed by atoms with E-state index in [2.05, 4.69) is 19.9 Å². The Morgan fingerprint density at radius 3 is 1.36 bits per heavy atom. The maximum absolute atomic E-state index is 12.0. The summed E-state index contributed by atoms with van der Waals surface area (Å²) in [5.41, 5.74) is 4.90. The first-order chi connectivity index (χ1) is 13.7. The van der Waals surface area contributed by atoms with E-state index >= 15 is 0 Å². The molecule has 0 aliphatic rings. The highest BCUT2D eigenvalue weighted by molar-refractivity contribution is 5.86. The first-order valence-corrected chi connectivity index (χ1v) is 8.75. The van der Waals surface area contributed by atoms with Crippen LogP contribution in [0.25, 0.3) is 44.1 Å². The molecule has 5 aromatic rings. The third-order valence-electron chi connectivity index (χ3n) is 4.86. The van der Waals surface area contributed by atoms with Crippen LogP contribution < -0.4 is 11.1 Å². The number of fused-ring (bicyclic) bond motifs is 2. The van der Waals surface area contributed by atoms with Crippen molar-refractivity contribution in [2.24, 2.45) is 0 Å². The van der Waals surface area contributed by atoms with Crippen molar-refractivity contribution in [2.75, 3.05) is 0 Å². The Balaban J connectivity index is 1.56. The first kappa shape index (κ1) is 16.1. The van der Waals surface area contributed by atoms with Gasteiger partial charge in [0.2, 0.25) is 0 Å². The molecule has 2 N–H and O–H groups in total. The molecule has 2 heterocycles. The Morgan fingerprint density at radius 1 is 0.536 bits per heavy atom. The van der Waals surface area contributed by atoms with Crippen LogP contribution in [0.5, 0.6) is 0 Å². The normalized spacial score (nSPS) is 11.1. The van der Waals surface area contributed by atoms with Crippen LogP contribution >= 0.6 is 0 Å². The van der Waals surface area contributed by atoms with Crippen molar-refractivity contribution in [3.8, 4) is 22.3 Å². The zero-order chi connectivity index (χ0) is 19.1. The molecular formula is C22H14N4O2. The monoisotopic (exact) mass is 366 g/mol. The highest BCUT2D eigenvalue weighted by Crippen LogP contribution is 2.27. The van der Waals surface area contributed by atoms with Crippen LogP contribution in [0.2, 0.25) is 0 Å². The van der Waals surface area contributed by atoms with Gasteiger partial charge in [0.05, 0.1) is 34.5 Å².